The van der Waals surface area contributed by atoms with Gasteiger partial charge in [-0.15, -0.1) is 11.8 Å². The summed E-state index contributed by atoms with van der Waals surface area (Å²) in [6.45, 7) is 0.523. The van der Waals surface area contributed by atoms with Crippen molar-refractivity contribution in [3.05, 3.63) is 60.2 Å². The highest BCUT2D eigenvalue weighted by molar-refractivity contribution is 7.99. The predicted molar refractivity (Wildman–Crippen MR) is 97.0 cm³/mol. The first kappa shape index (κ1) is 17.2. The quantitative estimate of drug-likeness (QED) is 0.427. The first-order chi connectivity index (χ1) is 11.1. The van der Waals surface area contributed by atoms with Gasteiger partial charge in [0.05, 0.1) is 5.69 Å². The molecule has 0 radical (unpaired) electrons. The van der Waals surface area contributed by atoms with Gasteiger partial charge in [-0.05, 0) is 36.4 Å². The monoisotopic (exact) mass is 347 g/mol. The Labute approximate surface area is 144 Å². The Morgan fingerprint density at radius 2 is 1.74 bits per heavy atom. The van der Waals surface area contributed by atoms with E-state index >= 15 is 0 Å². The van der Waals surface area contributed by atoms with Gasteiger partial charge in [-0.25, -0.2) is 9.10 Å². The number of amides is 3. The number of primary amides is 1. The number of thioether (sulfide) groups is 1. The lowest BCUT2D eigenvalue weighted by Gasteiger charge is -2.16. The molecule has 0 aliphatic carbocycles. The van der Waals surface area contributed by atoms with Crippen LogP contribution in [-0.2, 0) is 0 Å². The molecule has 0 spiro atoms. The second-order valence-electron chi connectivity index (χ2n) is 4.62. The number of benzene rings is 2. The molecule has 2 rings (SSSR count). The van der Waals surface area contributed by atoms with Crippen molar-refractivity contribution in [2.24, 2.45) is 5.73 Å². The van der Waals surface area contributed by atoms with E-state index in [1.165, 1.54) is 4.31 Å². The Hall–Kier alpha value is -2.12. The Balaban J connectivity index is 1.79. The Bertz CT molecular complexity index is 663. The summed E-state index contributed by atoms with van der Waals surface area (Å²) in [6, 6.07) is 16.0. The highest BCUT2D eigenvalue weighted by Crippen LogP contribution is 2.18. The fraction of sp³-hybridized carbons (Fsp3) is 0.125. The van der Waals surface area contributed by atoms with Gasteiger partial charge in [0.15, 0.2) is 0 Å². The van der Waals surface area contributed by atoms with Crippen LogP contribution in [0.5, 0.6) is 0 Å². The molecule has 7 heteroatoms. The molecular formula is C16H17N3O2S2. The maximum atomic E-state index is 12.0. The molecule has 0 fully saturated rings. The van der Waals surface area contributed by atoms with Crippen LogP contribution in [0.4, 0.5) is 10.5 Å². The minimum Gasteiger partial charge on any atom is -0.366 e. The van der Waals surface area contributed by atoms with Gasteiger partial charge in [-0.3, -0.25) is 4.79 Å². The van der Waals surface area contributed by atoms with E-state index in [0.717, 1.165) is 10.6 Å². The lowest BCUT2D eigenvalue weighted by molar-refractivity contribution is 0.100. The second kappa shape index (κ2) is 8.50. The number of hydrogen-bond acceptors (Lipinski definition) is 4. The van der Waals surface area contributed by atoms with Gasteiger partial charge in [0, 0.05) is 22.8 Å². The Kier molecular flexibility index (Phi) is 6.37. The van der Waals surface area contributed by atoms with Crippen LogP contribution in [0, 0.1) is 0 Å². The normalized spacial score (nSPS) is 10.1. The summed E-state index contributed by atoms with van der Waals surface area (Å²) in [6.07, 6.45) is 0. The molecule has 0 aliphatic rings. The van der Waals surface area contributed by atoms with Gasteiger partial charge in [0.25, 0.3) is 0 Å². The van der Waals surface area contributed by atoms with Crippen LogP contribution in [0.3, 0.4) is 0 Å². The molecule has 2 aromatic rings. The second-order valence-corrected chi connectivity index (χ2v) is 6.18. The predicted octanol–water partition coefficient (Wildman–Crippen LogP) is 2.94. The minimum absolute atomic E-state index is 0.325. The molecule has 0 saturated heterocycles. The maximum absolute atomic E-state index is 12.0. The third kappa shape index (κ3) is 5.22. The maximum Gasteiger partial charge on any atom is 0.331 e. The van der Waals surface area contributed by atoms with Crippen molar-refractivity contribution in [3.63, 3.8) is 0 Å². The van der Waals surface area contributed by atoms with Crippen molar-refractivity contribution in [2.45, 2.75) is 4.90 Å². The lowest BCUT2D eigenvalue weighted by Crippen LogP contribution is -2.35. The lowest BCUT2D eigenvalue weighted by atomic mass is 10.2. The van der Waals surface area contributed by atoms with E-state index in [0.29, 0.717) is 17.8 Å². The van der Waals surface area contributed by atoms with Gasteiger partial charge in [-0.1, -0.05) is 31.0 Å². The zero-order chi connectivity index (χ0) is 16.7. The summed E-state index contributed by atoms with van der Waals surface area (Å²) in [5.74, 6) is 0.252. The number of rotatable bonds is 6. The zero-order valence-electron chi connectivity index (χ0n) is 12.3. The molecule has 0 unspecified atom stereocenters. The molecule has 3 N–H and O–H groups in total. The van der Waals surface area contributed by atoms with E-state index < -0.39 is 5.91 Å². The molecule has 0 heterocycles. The van der Waals surface area contributed by atoms with Crippen LogP contribution in [0.1, 0.15) is 10.4 Å². The molecular weight excluding hydrogens is 330 g/mol. The van der Waals surface area contributed by atoms with Crippen molar-refractivity contribution in [1.82, 2.24) is 5.32 Å². The third-order valence-electron chi connectivity index (χ3n) is 2.98. The molecule has 2 aromatic carbocycles. The number of anilines is 1. The minimum atomic E-state index is -0.510. The fourth-order valence-electron chi connectivity index (χ4n) is 1.80. The van der Waals surface area contributed by atoms with Crippen molar-refractivity contribution in [3.8, 4) is 0 Å². The molecule has 0 atom stereocenters. The third-order valence-corrected chi connectivity index (χ3v) is 4.41. The van der Waals surface area contributed by atoms with Crippen molar-refractivity contribution in [1.29, 1.82) is 0 Å². The largest absolute Gasteiger partial charge is 0.366 e. The summed E-state index contributed by atoms with van der Waals surface area (Å²) in [5, 5.41) is 2.79. The number of urea groups is 1. The molecule has 0 saturated carbocycles. The average Bonchev–Trinajstić information content (AvgIpc) is 2.59. The highest BCUT2D eigenvalue weighted by atomic mass is 32.2. The van der Waals surface area contributed by atoms with E-state index in [1.54, 1.807) is 36.0 Å². The molecule has 3 amide bonds. The molecule has 0 bridgehead atoms. The molecule has 0 aromatic heterocycles. The summed E-state index contributed by atoms with van der Waals surface area (Å²) >= 11 is 5.84. The van der Waals surface area contributed by atoms with E-state index in [9.17, 15) is 9.59 Å². The Morgan fingerprint density at radius 3 is 2.35 bits per heavy atom. The van der Waals surface area contributed by atoms with E-state index in [4.69, 9.17) is 5.73 Å². The van der Waals surface area contributed by atoms with Gasteiger partial charge in [0.1, 0.15) is 0 Å². The fourth-order valence-corrected chi connectivity index (χ4v) is 2.80. The van der Waals surface area contributed by atoms with E-state index in [2.05, 4.69) is 18.1 Å². The van der Waals surface area contributed by atoms with Crippen LogP contribution in [0.25, 0.3) is 0 Å². The van der Waals surface area contributed by atoms with Crippen LogP contribution in [0.2, 0.25) is 0 Å². The molecule has 5 nitrogen and oxygen atoms in total. The summed E-state index contributed by atoms with van der Waals surface area (Å²) < 4.78 is 1.19. The van der Waals surface area contributed by atoms with Crippen LogP contribution >= 0.6 is 24.6 Å². The Morgan fingerprint density at radius 1 is 1.09 bits per heavy atom. The first-order valence-corrected chi connectivity index (χ1v) is 8.31. The number of carbonyl (C=O) groups excluding carboxylic acids is 2. The van der Waals surface area contributed by atoms with Gasteiger partial charge >= 0.3 is 6.03 Å². The standard InChI is InChI=1S/C16H17N3O2S2/c17-15(20)12-6-8-13(9-7-12)19(22)16(21)18-10-11-23-14-4-2-1-3-5-14/h1-9,22H,10-11H2,(H2,17,20)(H,18,21). The summed E-state index contributed by atoms with van der Waals surface area (Å²) in [4.78, 5) is 24.2. The number of hydrogen-bond donors (Lipinski definition) is 3. The van der Waals surface area contributed by atoms with Crippen LogP contribution < -0.4 is 15.4 Å². The van der Waals surface area contributed by atoms with E-state index in [1.807, 2.05) is 30.3 Å². The highest BCUT2D eigenvalue weighted by Gasteiger charge is 2.11. The zero-order valence-corrected chi connectivity index (χ0v) is 14.0. The van der Waals surface area contributed by atoms with Gasteiger partial charge in [0.2, 0.25) is 5.91 Å². The van der Waals surface area contributed by atoms with E-state index in [-0.39, 0.29) is 6.03 Å². The number of thiol groups is 1. The van der Waals surface area contributed by atoms with Crippen LogP contribution in [0.15, 0.2) is 59.5 Å². The van der Waals surface area contributed by atoms with Crippen molar-refractivity contribution >= 4 is 42.2 Å². The van der Waals surface area contributed by atoms with Crippen molar-refractivity contribution in [2.75, 3.05) is 16.6 Å². The number of nitrogens with zero attached hydrogens (tertiary/aromatic N) is 1. The average molecular weight is 347 g/mol. The topological polar surface area (TPSA) is 75.4 Å². The van der Waals surface area contributed by atoms with Gasteiger partial charge in [-0.2, -0.15) is 0 Å². The summed E-state index contributed by atoms with van der Waals surface area (Å²) in [7, 11) is 0. The van der Waals surface area contributed by atoms with Crippen LogP contribution in [-0.4, -0.2) is 24.2 Å². The molecule has 120 valence electrons. The smallest absolute Gasteiger partial charge is 0.331 e. The number of nitrogens with one attached hydrogen (secondary N) is 1. The molecule has 0 aliphatic heterocycles. The van der Waals surface area contributed by atoms with Crippen molar-refractivity contribution < 1.29 is 9.59 Å². The SMILES string of the molecule is NC(=O)c1ccc(N(S)C(=O)NCCSc2ccccc2)cc1. The first-order valence-electron chi connectivity index (χ1n) is 6.92. The van der Waals surface area contributed by atoms with Gasteiger partial charge < -0.3 is 11.1 Å². The number of carbonyl (C=O) groups is 2. The summed E-state index contributed by atoms with van der Waals surface area (Å²) in [5.41, 5.74) is 6.12. The molecule has 23 heavy (non-hydrogen) atoms. The number of nitrogens with two attached hydrogens (primary N) is 1.